The average Bonchev–Trinajstić information content (AvgIpc) is 2.37. The van der Waals surface area contributed by atoms with Gasteiger partial charge in [0.15, 0.2) is 6.10 Å². The fourth-order valence-electron chi connectivity index (χ4n) is 1.32. The van der Waals surface area contributed by atoms with E-state index < -0.39 is 18.0 Å². The summed E-state index contributed by atoms with van der Waals surface area (Å²) in [6.07, 6.45) is -0.847. The molecule has 1 unspecified atom stereocenters. The molecule has 18 heavy (non-hydrogen) atoms. The van der Waals surface area contributed by atoms with Gasteiger partial charge in [0.05, 0.1) is 14.2 Å². The van der Waals surface area contributed by atoms with Gasteiger partial charge in [0.1, 0.15) is 11.3 Å². The Morgan fingerprint density at radius 1 is 1.22 bits per heavy atom. The Morgan fingerprint density at radius 2 is 1.89 bits per heavy atom. The Kier molecular flexibility index (Phi) is 4.53. The van der Waals surface area contributed by atoms with Crippen molar-refractivity contribution in [3.05, 3.63) is 23.8 Å². The van der Waals surface area contributed by atoms with Crippen molar-refractivity contribution < 1.29 is 23.8 Å². The molecule has 0 saturated heterocycles. The van der Waals surface area contributed by atoms with Crippen molar-refractivity contribution in [1.82, 2.24) is 0 Å². The summed E-state index contributed by atoms with van der Waals surface area (Å²) >= 11 is 0. The lowest BCUT2D eigenvalue weighted by molar-refractivity contribution is -0.147. The molecule has 0 bridgehead atoms. The summed E-state index contributed by atoms with van der Waals surface area (Å²) in [6.45, 7) is 1.51. The predicted octanol–water partition coefficient (Wildman–Crippen LogP) is 0.996. The van der Waals surface area contributed by atoms with Gasteiger partial charge in [-0.05, 0) is 19.1 Å². The first-order chi connectivity index (χ1) is 8.49. The second kappa shape index (κ2) is 5.90. The molecule has 6 heteroatoms. The topological polar surface area (TPSA) is 87.9 Å². The smallest absolute Gasteiger partial charge is 0.346 e. The number of carbonyl (C=O) groups excluding carboxylic acids is 2. The van der Waals surface area contributed by atoms with Gasteiger partial charge in [-0.3, -0.25) is 0 Å². The van der Waals surface area contributed by atoms with Gasteiger partial charge in [-0.1, -0.05) is 0 Å². The number of nitrogen functional groups attached to an aromatic ring is 1. The molecule has 1 aromatic carbocycles. The van der Waals surface area contributed by atoms with Gasteiger partial charge in [-0.15, -0.1) is 0 Å². The van der Waals surface area contributed by atoms with E-state index >= 15 is 0 Å². The highest BCUT2D eigenvalue weighted by molar-refractivity contribution is 5.93. The Labute approximate surface area is 105 Å². The molecule has 6 nitrogen and oxygen atoms in total. The van der Waals surface area contributed by atoms with Gasteiger partial charge in [0, 0.05) is 11.8 Å². The highest BCUT2D eigenvalue weighted by Gasteiger charge is 2.20. The molecule has 1 atom stereocenters. The van der Waals surface area contributed by atoms with Crippen LogP contribution in [-0.2, 0) is 14.3 Å². The third kappa shape index (κ3) is 3.13. The van der Waals surface area contributed by atoms with E-state index in [0.717, 1.165) is 0 Å². The van der Waals surface area contributed by atoms with Gasteiger partial charge in [0.25, 0.3) is 0 Å². The molecule has 0 amide bonds. The van der Waals surface area contributed by atoms with Gasteiger partial charge in [0.2, 0.25) is 0 Å². The van der Waals surface area contributed by atoms with Crippen LogP contribution >= 0.6 is 0 Å². The van der Waals surface area contributed by atoms with Crippen molar-refractivity contribution in [2.45, 2.75) is 13.0 Å². The molecule has 0 fully saturated rings. The maximum Gasteiger partial charge on any atom is 0.346 e. The monoisotopic (exact) mass is 253 g/mol. The normalized spacial score (nSPS) is 11.5. The van der Waals surface area contributed by atoms with Crippen LogP contribution in [0.1, 0.15) is 17.3 Å². The maximum absolute atomic E-state index is 11.5. The average molecular weight is 253 g/mol. The lowest BCUT2D eigenvalue weighted by Gasteiger charge is -2.15. The first kappa shape index (κ1) is 13.8. The van der Waals surface area contributed by atoms with Crippen LogP contribution in [0.5, 0.6) is 5.75 Å². The zero-order chi connectivity index (χ0) is 13.7. The molecule has 0 aliphatic rings. The molecule has 2 N–H and O–H groups in total. The van der Waals surface area contributed by atoms with Crippen LogP contribution in [0.25, 0.3) is 0 Å². The quantitative estimate of drug-likeness (QED) is 0.636. The largest absolute Gasteiger partial charge is 0.478 e. The lowest BCUT2D eigenvalue weighted by atomic mass is 10.2. The van der Waals surface area contributed by atoms with Crippen LogP contribution in [0.2, 0.25) is 0 Å². The van der Waals surface area contributed by atoms with Gasteiger partial charge in [-0.25, -0.2) is 9.59 Å². The van der Waals surface area contributed by atoms with Crippen LogP contribution in [0, 0.1) is 0 Å². The van der Waals surface area contributed by atoms with Crippen molar-refractivity contribution in [2.24, 2.45) is 0 Å². The zero-order valence-corrected chi connectivity index (χ0v) is 10.4. The highest BCUT2D eigenvalue weighted by atomic mass is 16.6. The maximum atomic E-state index is 11.5. The second-order valence-electron chi connectivity index (χ2n) is 3.53. The lowest BCUT2D eigenvalue weighted by Crippen LogP contribution is -2.25. The predicted molar refractivity (Wildman–Crippen MR) is 64.3 cm³/mol. The van der Waals surface area contributed by atoms with Crippen molar-refractivity contribution in [1.29, 1.82) is 0 Å². The molecule has 0 aromatic heterocycles. The summed E-state index contributed by atoms with van der Waals surface area (Å²) < 4.78 is 14.5. The molecule has 0 aliphatic heterocycles. The van der Waals surface area contributed by atoms with Gasteiger partial charge >= 0.3 is 11.9 Å². The molecule has 0 heterocycles. The summed E-state index contributed by atoms with van der Waals surface area (Å²) in [5.41, 5.74) is 6.21. The van der Waals surface area contributed by atoms with E-state index in [-0.39, 0.29) is 11.3 Å². The highest BCUT2D eigenvalue weighted by Crippen LogP contribution is 2.24. The number of benzene rings is 1. The molecule has 0 radical (unpaired) electrons. The summed E-state index contributed by atoms with van der Waals surface area (Å²) in [4.78, 5) is 22.8. The number of nitrogens with two attached hydrogens (primary N) is 1. The van der Waals surface area contributed by atoms with E-state index in [1.165, 1.54) is 33.3 Å². The van der Waals surface area contributed by atoms with Gasteiger partial charge in [-0.2, -0.15) is 0 Å². The minimum absolute atomic E-state index is 0.180. The van der Waals surface area contributed by atoms with E-state index in [1.807, 2.05) is 0 Å². The molecule has 0 spiro atoms. The number of methoxy groups -OCH3 is 2. The zero-order valence-electron chi connectivity index (χ0n) is 10.4. The fourth-order valence-corrected chi connectivity index (χ4v) is 1.32. The van der Waals surface area contributed by atoms with Crippen LogP contribution in [-0.4, -0.2) is 32.3 Å². The Morgan fingerprint density at radius 3 is 2.44 bits per heavy atom. The van der Waals surface area contributed by atoms with E-state index in [2.05, 4.69) is 9.47 Å². The number of hydrogen-bond acceptors (Lipinski definition) is 6. The van der Waals surface area contributed by atoms with E-state index in [9.17, 15) is 9.59 Å². The van der Waals surface area contributed by atoms with Crippen LogP contribution in [0.4, 0.5) is 5.69 Å². The van der Waals surface area contributed by atoms with Crippen molar-refractivity contribution in [2.75, 3.05) is 20.0 Å². The van der Waals surface area contributed by atoms with Crippen molar-refractivity contribution in [3.63, 3.8) is 0 Å². The third-order valence-electron chi connectivity index (χ3n) is 2.25. The first-order valence-electron chi connectivity index (χ1n) is 5.22. The van der Waals surface area contributed by atoms with Crippen molar-refractivity contribution >= 4 is 17.6 Å². The molecular weight excluding hydrogens is 238 g/mol. The number of anilines is 1. The minimum Gasteiger partial charge on any atom is -0.478 e. The molecule has 98 valence electrons. The van der Waals surface area contributed by atoms with Gasteiger partial charge < -0.3 is 19.9 Å². The number of carbonyl (C=O) groups is 2. The van der Waals surface area contributed by atoms with Crippen molar-refractivity contribution in [3.8, 4) is 5.75 Å². The molecule has 1 aromatic rings. The van der Waals surface area contributed by atoms with Crippen LogP contribution in [0.15, 0.2) is 18.2 Å². The first-order valence-corrected chi connectivity index (χ1v) is 5.22. The number of ether oxygens (including phenoxy) is 3. The number of rotatable bonds is 4. The third-order valence-corrected chi connectivity index (χ3v) is 2.25. The standard InChI is InChI=1S/C12H15NO5/c1-7(11(14)16-2)18-10-6-8(13)4-5-9(10)12(15)17-3/h4-7H,13H2,1-3H3. The number of esters is 2. The molecule has 0 saturated carbocycles. The fraction of sp³-hybridized carbons (Fsp3) is 0.333. The second-order valence-corrected chi connectivity index (χ2v) is 3.53. The van der Waals surface area contributed by atoms with E-state index in [0.29, 0.717) is 5.69 Å². The number of hydrogen-bond donors (Lipinski definition) is 1. The van der Waals surface area contributed by atoms with E-state index in [4.69, 9.17) is 10.5 Å². The summed E-state index contributed by atoms with van der Waals surface area (Å²) in [6, 6.07) is 4.47. The van der Waals surface area contributed by atoms with Crippen LogP contribution < -0.4 is 10.5 Å². The Hall–Kier alpha value is -2.24. The molecule has 1 rings (SSSR count). The molecule has 0 aliphatic carbocycles. The Balaban J connectivity index is 3.02. The summed E-state index contributed by atoms with van der Waals surface area (Å²) in [5.74, 6) is -0.935. The summed E-state index contributed by atoms with van der Waals surface area (Å²) in [5, 5.41) is 0. The summed E-state index contributed by atoms with van der Waals surface area (Å²) in [7, 11) is 2.51. The van der Waals surface area contributed by atoms with E-state index in [1.54, 1.807) is 6.07 Å². The Bertz CT molecular complexity index is 458. The van der Waals surface area contributed by atoms with Crippen LogP contribution in [0.3, 0.4) is 0 Å². The SMILES string of the molecule is COC(=O)c1ccc(N)cc1OC(C)C(=O)OC. The molecular formula is C12H15NO5. The minimum atomic E-state index is -0.847.